The Morgan fingerprint density at radius 1 is 1.23 bits per heavy atom. The molecule has 9 heteroatoms. The van der Waals surface area contributed by atoms with Crippen LogP contribution in [0.1, 0.15) is 55.8 Å². The second-order valence-electron chi connectivity index (χ2n) is 10.6. The Kier molecular flexibility index (Phi) is 6.62. The minimum atomic E-state index is -1.16. The van der Waals surface area contributed by atoms with Crippen molar-refractivity contribution in [2.75, 3.05) is 19.7 Å². The molecule has 2 amide bonds. The summed E-state index contributed by atoms with van der Waals surface area (Å²) in [4.78, 5) is 31.1. The summed E-state index contributed by atoms with van der Waals surface area (Å²) in [6.45, 7) is 14.4. The first kappa shape index (κ1) is 22.8. The lowest BCUT2D eigenvalue weighted by Crippen LogP contribution is -2.61. The average Bonchev–Trinajstić information content (AvgIpc) is 3.32. The minimum absolute atomic E-state index is 0.0904. The van der Waals surface area contributed by atoms with E-state index in [4.69, 9.17) is 9.47 Å². The van der Waals surface area contributed by atoms with Gasteiger partial charge >= 0.3 is 6.09 Å². The number of nitrogens with zero attached hydrogens (tertiary/aromatic N) is 3. The molecule has 0 bridgehead atoms. The number of likely N-dealkylation sites (tertiary alicyclic amines) is 1. The highest BCUT2D eigenvalue weighted by molar-refractivity contribution is 6.76. The molecule has 168 valence electrons. The van der Waals surface area contributed by atoms with Crippen LogP contribution in [0.5, 0.6) is 0 Å². The van der Waals surface area contributed by atoms with E-state index in [9.17, 15) is 9.59 Å². The van der Waals surface area contributed by atoms with Crippen LogP contribution in [0.2, 0.25) is 25.7 Å². The third-order valence-corrected chi connectivity index (χ3v) is 6.79. The zero-order valence-corrected chi connectivity index (χ0v) is 20.2. The molecular weight excluding hydrogens is 400 g/mol. The van der Waals surface area contributed by atoms with Crippen LogP contribution in [0.3, 0.4) is 0 Å². The predicted octanol–water partition coefficient (Wildman–Crippen LogP) is 3.42. The molecule has 2 aliphatic rings. The fourth-order valence-electron chi connectivity index (χ4n) is 3.13. The highest BCUT2D eigenvalue weighted by Crippen LogP contribution is 2.39. The molecule has 0 unspecified atom stereocenters. The molecule has 1 aromatic rings. The normalized spacial score (nSPS) is 17.6. The molecule has 30 heavy (non-hydrogen) atoms. The highest BCUT2D eigenvalue weighted by atomic mass is 28.3. The molecule has 0 aromatic carbocycles. The van der Waals surface area contributed by atoms with Gasteiger partial charge in [0.1, 0.15) is 12.3 Å². The first-order valence-electron chi connectivity index (χ1n) is 10.8. The number of aromatic nitrogens is 2. The van der Waals surface area contributed by atoms with Gasteiger partial charge in [0.2, 0.25) is 5.82 Å². The maximum absolute atomic E-state index is 12.8. The lowest BCUT2D eigenvalue weighted by molar-refractivity contribution is 0.00521. The van der Waals surface area contributed by atoms with Gasteiger partial charge in [0.05, 0.1) is 11.7 Å². The first-order chi connectivity index (χ1) is 13.9. The maximum atomic E-state index is 12.8. The van der Waals surface area contributed by atoms with Crippen molar-refractivity contribution in [3.63, 3.8) is 0 Å². The molecule has 1 saturated carbocycles. The van der Waals surface area contributed by atoms with Gasteiger partial charge in [0.15, 0.2) is 0 Å². The van der Waals surface area contributed by atoms with Gasteiger partial charge in [0, 0.05) is 39.9 Å². The third-order valence-electron chi connectivity index (χ3n) is 5.09. The Morgan fingerprint density at radius 3 is 2.47 bits per heavy atom. The molecule has 2 fully saturated rings. The Hall–Kier alpha value is -1.87. The fourth-order valence-corrected chi connectivity index (χ4v) is 3.88. The summed E-state index contributed by atoms with van der Waals surface area (Å²) < 4.78 is 13.0. The first-order valence-corrected chi connectivity index (χ1v) is 14.6. The lowest BCUT2D eigenvalue weighted by atomic mass is 10.1. The fraction of sp³-hybridized carbons (Fsp3) is 0.762. The van der Waals surface area contributed by atoms with Gasteiger partial charge in [-0.05, 0) is 39.7 Å². The number of carbonyl (C=O) groups excluding carboxylic acids is 2. The van der Waals surface area contributed by atoms with E-state index < -0.39 is 13.7 Å². The van der Waals surface area contributed by atoms with Crippen LogP contribution in [0.15, 0.2) is 6.20 Å². The standard InChI is InChI=1S/C21H36N4O4Si/c1-21(2,3)29-20(27)24-11-16(12-24)22-19(26)18-23-17(15-7-8-15)13-25(18)14-28-9-10-30(4,5)6/h13,15-16H,7-12,14H2,1-6H3,(H,22,26). The van der Waals surface area contributed by atoms with Crippen LogP contribution in [-0.4, -0.2) is 65.9 Å². The molecule has 1 N–H and O–H groups in total. The number of hydrogen-bond donors (Lipinski definition) is 1. The molecule has 1 saturated heterocycles. The zero-order valence-electron chi connectivity index (χ0n) is 19.2. The Bertz CT molecular complexity index is 771. The van der Waals surface area contributed by atoms with E-state index in [1.165, 1.54) is 0 Å². The molecule has 8 nitrogen and oxygen atoms in total. The number of rotatable bonds is 8. The van der Waals surface area contributed by atoms with Crippen LogP contribution in [-0.2, 0) is 16.2 Å². The lowest BCUT2D eigenvalue weighted by Gasteiger charge is -2.39. The van der Waals surface area contributed by atoms with Crippen molar-refractivity contribution < 1.29 is 19.1 Å². The number of ether oxygens (including phenoxy) is 2. The van der Waals surface area contributed by atoms with Crippen molar-refractivity contribution in [1.29, 1.82) is 0 Å². The van der Waals surface area contributed by atoms with Crippen molar-refractivity contribution in [2.45, 2.75) is 83.6 Å². The molecule has 2 heterocycles. The van der Waals surface area contributed by atoms with Gasteiger partial charge in [-0.15, -0.1) is 0 Å². The van der Waals surface area contributed by atoms with E-state index in [1.807, 2.05) is 31.5 Å². The minimum Gasteiger partial charge on any atom is -0.444 e. The van der Waals surface area contributed by atoms with E-state index in [-0.39, 0.29) is 18.0 Å². The summed E-state index contributed by atoms with van der Waals surface area (Å²) in [5, 5.41) is 2.99. The van der Waals surface area contributed by atoms with E-state index in [0.717, 1.165) is 24.6 Å². The Morgan fingerprint density at radius 2 is 1.90 bits per heavy atom. The summed E-state index contributed by atoms with van der Waals surface area (Å²) in [6, 6.07) is 0.994. The van der Waals surface area contributed by atoms with E-state index in [0.29, 0.717) is 38.2 Å². The topological polar surface area (TPSA) is 85.7 Å². The molecule has 1 aliphatic heterocycles. The highest BCUT2D eigenvalue weighted by Gasteiger charge is 2.36. The summed E-state index contributed by atoms with van der Waals surface area (Å²) in [5.41, 5.74) is 0.447. The van der Waals surface area contributed by atoms with Crippen molar-refractivity contribution in [3.8, 4) is 0 Å². The van der Waals surface area contributed by atoms with Crippen molar-refractivity contribution in [2.24, 2.45) is 0 Å². The summed E-state index contributed by atoms with van der Waals surface area (Å²) >= 11 is 0. The van der Waals surface area contributed by atoms with Crippen LogP contribution < -0.4 is 5.32 Å². The zero-order chi connectivity index (χ0) is 22.1. The van der Waals surface area contributed by atoms with Gasteiger partial charge in [-0.25, -0.2) is 9.78 Å². The van der Waals surface area contributed by atoms with Crippen LogP contribution in [0.4, 0.5) is 4.79 Å². The summed E-state index contributed by atoms with van der Waals surface area (Å²) in [6.07, 6.45) is 3.86. The van der Waals surface area contributed by atoms with E-state index >= 15 is 0 Å². The molecule has 1 aromatic heterocycles. The van der Waals surface area contributed by atoms with Crippen molar-refractivity contribution in [3.05, 3.63) is 17.7 Å². The third kappa shape index (κ3) is 6.56. The molecule has 1 aliphatic carbocycles. The monoisotopic (exact) mass is 436 g/mol. The molecule has 3 rings (SSSR count). The molecular formula is C21H36N4O4Si. The van der Waals surface area contributed by atoms with Crippen LogP contribution in [0.25, 0.3) is 0 Å². The van der Waals surface area contributed by atoms with Crippen LogP contribution >= 0.6 is 0 Å². The van der Waals surface area contributed by atoms with Gasteiger partial charge in [0.25, 0.3) is 5.91 Å². The molecule has 0 atom stereocenters. The van der Waals surface area contributed by atoms with Gasteiger partial charge in [-0.2, -0.15) is 0 Å². The smallest absolute Gasteiger partial charge is 0.410 e. The number of amides is 2. The van der Waals surface area contributed by atoms with E-state index in [2.05, 4.69) is 29.9 Å². The molecule has 0 spiro atoms. The van der Waals surface area contributed by atoms with Gasteiger partial charge < -0.3 is 24.3 Å². The van der Waals surface area contributed by atoms with Gasteiger partial charge in [-0.1, -0.05) is 19.6 Å². The number of imidazole rings is 1. The Labute approximate surface area is 180 Å². The van der Waals surface area contributed by atoms with Gasteiger partial charge in [-0.3, -0.25) is 4.79 Å². The number of hydrogen-bond acceptors (Lipinski definition) is 5. The largest absolute Gasteiger partial charge is 0.444 e. The predicted molar refractivity (Wildman–Crippen MR) is 117 cm³/mol. The number of carbonyl (C=O) groups is 2. The average molecular weight is 437 g/mol. The summed E-state index contributed by atoms with van der Waals surface area (Å²) in [5.74, 6) is 0.635. The molecule has 0 radical (unpaired) electrons. The maximum Gasteiger partial charge on any atom is 0.410 e. The quantitative estimate of drug-likeness (QED) is 0.498. The second-order valence-corrected chi connectivity index (χ2v) is 16.3. The SMILES string of the molecule is CC(C)(C)OC(=O)N1CC(NC(=O)c2nc(C3CC3)cn2COCC[Si](C)(C)C)C1. The van der Waals surface area contributed by atoms with Crippen molar-refractivity contribution >= 4 is 20.1 Å². The van der Waals surface area contributed by atoms with E-state index in [1.54, 1.807) is 4.90 Å². The number of nitrogens with one attached hydrogen (secondary N) is 1. The Balaban J connectivity index is 1.53. The van der Waals surface area contributed by atoms with Crippen LogP contribution in [0, 0.1) is 0 Å². The summed E-state index contributed by atoms with van der Waals surface area (Å²) in [7, 11) is -1.16. The second kappa shape index (κ2) is 8.70. The van der Waals surface area contributed by atoms with Crippen molar-refractivity contribution in [1.82, 2.24) is 19.8 Å².